The average Bonchev–Trinajstić information content (AvgIpc) is 2.71. The lowest BCUT2D eigenvalue weighted by Crippen LogP contribution is -2.40. The van der Waals surface area contributed by atoms with E-state index in [-0.39, 0.29) is 23.4 Å². The molecule has 4 nitrogen and oxygen atoms in total. The van der Waals surface area contributed by atoms with Gasteiger partial charge in [0.1, 0.15) is 6.10 Å². The maximum atomic E-state index is 12.8. The molecule has 0 saturated carbocycles. The molecule has 1 N–H and O–H groups in total. The Balaban J connectivity index is 2.71. The summed E-state index contributed by atoms with van der Waals surface area (Å²) in [6.07, 6.45) is 12.7. The second-order valence-corrected chi connectivity index (χ2v) is 9.06. The lowest BCUT2D eigenvalue weighted by atomic mass is 9.77. The predicted octanol–water partition coefficient (Wildman–Crippen LogP) is 6.67. The number of aliphatic hydroxyl groups excluding tert-OH is 1. The van der Waals surface area contributed by atoms with Crippen molar-refractivity contribution in [1.29, 1.82) is 0 Å². The Morgan fingerprint density at radius 2 is 1.65 bits per heavy atom. The number of hydrogen-bond donors (Lipinski definition) is 1. The van der Waals surface area contributed by atoms with Crippen LogP contribution in [0.5, 0.6) is 0 Å². The van der Waals surface area contributed by atoms with Gasteiger partial charge in [0.25, 0.3) is 0 Å². The van der Waals surface area contributed by atoms with Gasteiger partial charge in [-0.1, -0.05) is 55.2 Å². The first-order valence-corrected chi connectivity index (χ1v) is 11.8. The molecule has 0 spiro atoms. The summed E-state index contributed by atoms with van der Waals surface area (Å²) >= 11 is 0. The zero-order valence-electron chi connectivity index (χ0n) is 20.8. The van der Waals surface area contributed by atoms with Gasteiger partial charge in [-0.3, -0.25) is 4.79 Å². The number of ether oxygens (including phenoxy) is 2. The van der Waals surface area contributed by atoms with Gasteiger partial charge < -0.3 is 14.6 Å². The lowest BCUT2D eigenvalue weighted by molar-refractivity contribution is -0.128. The van der Waals surface area contributed by atoms with E-state index in [1.807, 2.05) is 6.92 Å². The lowest BCUT2D eigenvalue weighted by Gasteiger charge is -2.34. The summed E-state index contributed by atoms with van der Waals surface area (Å²) in [6, 6.07) is 0. The van der Waals surface area contributed by atoms with E-state index in [0.717, 1.165) is 38.5 Å². The molecule has 1 aliphatic rings. The van der Waals surface area contributed by atoms with Crippen LogP contribution in [0.4, 0.5) is 0 Å². The van der Waals surface area contributed by atoms with E-state index in [2.05, 4.69) is 52.8 Å². The van der Waals surface area contributed by atoms with E-state index < -0.39 is 6.10 Å². The summed E-state index contributed by atoms with van der Waals surface area (Å²) in [4.78, 5) is 12.8. The first kappa shape index (κ1) is 27.2. The zero-order valence-corrected chi connectivity index (χ0v) is 20.8. The standard InChI is InChI=1S/C27H44O4/c1-8-9-18-31-27-25(29)23(22(6)24(28)26(27)30-7)17-16-21(5)15-11-14-20(4)13-10-12-19(2)3/h12,14,16,22-23,25,29H,8-11,13,15,17-18H2,1-7H3/b20-14+,21-16+. The van der Waals surface area contributed by atoms with Crippen molar-refractivity contribution in [3.63, 3.8) is 0 Å². The number of methoxy groups -OCH3 is 1. The highest BCUT2D eigenvalue weighted by atomic mass is 16.5. The number of Topliss-reactive ketones (excluding diaryl/α,β-unsaturated/α-hetero) is 1. The third kappa shape index (κ3) is 9.06. The van der Waals surface area contributed by atoms with Crippen molar-refractivity contribution >= 4 is 5.78 Å². The van der Waals surface area contributed by atoms with Gasteiger partial charge >= 0.3 is 0 Å². The Labute approximate surface area is 190 Å². The van der Waals surface area contributed by atoms with Crippen molar-refractivity contribution in [3.05, 3.63) is 46.5 Å². The van der Waals surface area contributed by atoms with Crippen LogP contribution in [0.2, 0.25) is 0 Å². The largest absolute Gasteiger partial charge is 0.491 e. The van der Waals surface area contributed by atoms with Crippen molar-refractivity contribution in [1.82, 2.24) is 0 Å². The highest BCUT2D eigenvalue weighted by Gasteiger charge is 2.42. The number of unbranched alkanes of at least 4 members (excludes halogenated alkanes) is 1. The van der Waals surface area contributed by atoms with E-state index in [4.69, 9.17) is 9.47 Å². The minimum Gasteiger partial charge on any atom is -0.491 e. The molecule has 3 atom stereocenters. The SMILES string of the molecule is CCCCOC1=C(OC)C(=O)C(C)C(C/C=C(\C)CC/C=C(\C)CCC=C(C)C)C1O. The van der Waals surface area contributed by atoms with Gasteiger partial charge in [0.2, 0.25) is 11.5 Å². The third-order valence-corrected chi connectivity index (χ3v) is 6.00. The molecule has 0 saturated heterocycles. The topological polar surface area (TPSA) is 55.8 Å². The molecule has 31 heavy (non-hydrogen) atoms. The number of allylic oxidation sites excluding steroid dienone is 7. The minimum absolute atomic E-state index is 0.0784. The molecule has 1 aliphatic carbocycles. The number of hydrogen-bond acceptors (Lipinski definition) is 4. The van der Waals surface area contributed by atoms with Crippen molar-refractivity contribution in [2.45, 2.75) is 92.6 Å². The number of aliphatic hydroxyl groups is 1. The molecule has 0 amide bonds. The molecule has 0 aromatic rings. The van der Waals surface area contributed by atoms with Gasteiger partial charge in [0.05, 0.1) is 13.7 Å². The quantitative estimate of drug-likeness (QED) is 0.261. The van der Waals surface area contributed by atoms with Gasteiger partial charge in [-0.05, 0) is 66.2 Å². The molecule has 0 aliphatic heterocycles. The van der Waals surface area contributed by atoms with Gasteiger partial charge in [-0.2, -0.15) is 0 Å². The molecule has 176 valence electrons. The predicted molar refractivity (Wildman–Crippen MR) is 129 cm³/mol. The van der Waals surface area contributed by atoms with E-state index in [9.17, 15) is 9.90 Å². The maximum Gasteiger partial charge on any atom is 0.204 e. The molecule has 1 rings (SSSR count). The molecule has 0 heterocycles. The van der Waals surface area contributed by atoms with Gasteiger partial charge in [-0.15, -0.1) is 0 Å². The average molecular weight is 433 g/mol. The molecule has 3 unspecified atom stereocenters. The van der Waals surface area contributed by atoms with Crippen molar-refractivity contribution in [3.8, 4) is 0 Å². The van der Waals surface area contributed by atoms with Gasteiger partial charge in [0.15, 0.2) is 5.76 Å². The van der Waals surface area contributed by atoms with E-state index in [1.54, 1.807) is 0 Å². The number of carbonyl (C=O) groups excluding carboxylic acids is 1. The Bertz CT molecular complexity index is 692. The number of ketones is 1. The zero-order chi connectivity index (χ0) is 23.4. The summed E-state index contributed by atoms with van der Waals surface area (Å²) < 4.78 is 11.1. The second-order valence-electron chi connectivity index (χ2n) is 9.06. The van der Waals surface area contributed by atoms with Crippen molar-refractivity contribution in [2.24, 2.45) is 11.8 Å². The fourth-order valence-electron chi connectivity index (χ4n) is 3.81. The second kappa shape index (κ2) is 14.3. The van der Waals surface area contributed by atoms with Crippen LogP contribution in [0, 0.1) is 11.8 Å². The summed E-state index contributed by atoms with van der Waals surface area (Å²) in [5.41, 5.74) is 4.09. The molecule has 0 aromatic carbocycles. The molecular formula is C27H44O4. The molecule has 0 fully saturated rings. The van der Waals surface area contributed by atoms with E-state index in [1.165, 1.54) is 23.8 Å². The summed E-state index contributed by atoms with van der Waals surface area (Å²) in [6.45, 7) is 13.0. The first-order valence-electron chi connectivity index (χ1n) is 11.8. The Morgan fingerprint density at radius 1 is 1.03 bits per heavy atom. The van der Waals surface area contributed by atoms with Gasteiger partial charge in [-0.25, -0.2) is 0 Å². The van der Waals surface area contributed by atoms with Crippen LogP contribution in [0.3, 0.4) is 0 Å². The number of carbonyl (C=O) groups is 1. The summed E-state index contributed by atoms with van der Waals surface area (Å²) in [5, 5.41) is 10.9. The van der Waals surface area contributed by atoms with Crippen LogP contribution < -0.4 is 0 Å². The molecule has 0 aromatic heterocycles. The van der Waals surface area contributed by atoms with Crippen LogP contribution in [0.15, 0.2) is 46.5 Å². The molecule has 4 heteroatoms. The van der Waals surface area contributed by atoms with E-state index >= 15 is 0 Å². The summed E-state index contributed by atoms with van der Waals surface area (Å²) in [7, 11) is 1.47. The number of rotatable bonds is 13. The van der Waals surface area contributed by atoms with Crippen molar-refractivity contribution in [2.75, 3.05) is 13.7 Å². The van der Waals surface area contributed by atoms with E-state index in [0.29, 0.717) is 18.8 Å². The smallest absolute Gasteiger partial charge is 0.204 e. The highest BCUT2D eigenvalue weighted by Crippen LogP contribution is 2.35. The Morgan fingerprint density at radius 3 is 2.23 bits per heavy atom. The molecule has 0 bridgehead atoms. The molecule has 0 radical (unpaired) electrons. The van der Waals surface area contributed by atoms with Gasteiger partial charge in [0, 0.05) is 11.8 Å². The van der Waals surface area contributed by atoms with Crippen molar-refractivity contribution < 1.29 is 19.4 Å². The Hall–Kier alpha value is -1.81. The van der Waals surface area contributed by atoms with Crippen LogP contribution in [0.1, 0.15) is 86.5 Å². The first-order chi connectivity index (χ1) is 14.7. The Kier molecular flexibility index (Phi) is 12.5. The molecular weight excluding hydrogens is 388 g/mol. The fourth-order valence-corrected chi connectivity index (χ4v) is 3.81. The van der Waals surface area contributed by atoms with Crippen LogP contribution in [0.25, 0.3) is 0 Å². The van der Waals surface area contributed by atoms with Crippen LogP contribution in [-0.4, -0.2) is 30.7 Å². The summed E-state index contributed by atoms with van der Waals surface area (Å²) in [5.74, 6) is -0.0823. The third-order valence-electron chi connectivity index (χ3n) is 6.00. The normalized spacial score (nSPS) is 22.6. The monoisotopic (exact) mass is 432 g/mol. The minimum atomic E-state index is -0.819. The fraction of sp³-hybridized carbons (Fsp3) is 0.667. The van der Waals surface area contributed by atoms with Crippen LogP contribution >= 0.6 is 0 Å². The highest BCUT2D eigenvalue weighted by molar-refractivity contribution is 5.97. The van der Waals surface area contributed by atoms with Crippen LogP contribution in [-0.2, 0) is 14.3 Å². The maximum absolute atomic E-state index is 12.8.